The van der Waals surface area contributed by atoms with Crippen molar-refractivity contribution in [1.29, 1.82) is 0 Å². The lowest BCUT2D eigenvalue weighted by atomic mass is 10.2. The number of aliphatic hydroxyl groups excluding tert-OH is 1. The molecule has 96 valence electrons. The van der Waals surface area contributed by atoms with Crippen molar-refractivity contribution in [2.24, 2.45) is 5.92 Å². The second kappa shape index (κ2) is 8.25. The first-order valence-electron chi connectivity index (χ1n) is 5.40. The zero-order chi connectivity index (χ0) is 12.7. The summed E-state index contributed by atoms with van der Waals surface area (Å²) in [5.41, 5.74) is 0. The van der Waals surface area contributed by atoms with Crippen LogP contribution in [0.5, 0.6) is 5.75 Å². The van der Waals surface area contributed by atoms with Gasteiger partial charge in [-0.05, 0) is 45.8 Å². The number of halogens is 2. The lowest BCUT2D eigenvalue weighted by molar-refractivity contribution is 0.250. The molecule has 1 aromatic carbocycles. The van der Waals surface area contributed by atoms with Gasteiger partial charge in [0.25, 0.3) is 0 Å². The molecular formula is C12H16BrClO2S. The Hall–Kier alpha value is 0.1000. The summed E-state index contributed by atoms with van der Waals surface area (Å²) in [6.45, 7) is 2.93. The van der Waals surface area contributed by atoms with Crippen molar-refractivity contribution in [2.75, 3.05) is 24.7 Å². The summed E-state index contributed by atoms with van der Waals surface area (Å²) in [5, 5.41) is 9.56. The summed E-state index contributed by atoms with van der Waals surface area (Å²) in [7, 11) is 0. The van der Waals surface area contributed by atoms with Crippen LogP contribution < -0.4 is 4.74 Å². The highest BCUT2D eigenvalue weighted by molar-refractivity contribution is 9.10. The summed E-state index contributed by atoms with van der Waals surface area (Å²) < 4.78 is 6.49. The zero-order valence-electron chi connectivity index (χ0n) is 9.66. The van der Waals surface area contributed by atoms with Crippen LogP contribution in [0.2, 0.25) is 5.02 Å². The summed E-state index contributed by atoms with van der Waals surface area (Å²) >= 11 is 11.0. The lowest BCUT2D eigenvalue weighted by Crippen LogP contribution is -2.07. The normalized spacial score (nSPS) is 12.5. The molecule has 0 aliphatic heterocycles. The smallest absolute Gasteiger partial charge is 0.133 e. The van der Waals surface area contributed by atoms with Gasteiger partial charge in [-0.2, -0.15) is 11.8 Å². The Morgan fingerprint density at radius 3 is 2.94 bits per heavy atom. The van der Waals surface area contributed by atoms with E-state index in [0.29, 0.717) is 17.5 Å². The van der Waals surface area contributed by atoms with E-state index in [0.717, 1.165) is 21.7 Å². The SMILES string of the molecule is CC(CO)CSCCOc1ccc(Cl)cc1Br. The van der Waals surface area contributed by atoms with E-state index in [2.05, 4.69) is 15.9 Å². The monoisotopic (exact) mass is 338 g/mol. The Morgan fingerprint density at radius 1 is 1.53 bits per heavy atom. The molecule has 2 nitrogen and oxygen atoms in total. The molecular weight excluding hydrogens is 324 g/mol. The summed E-state index contributed by atoms with van der Waals surface area (Å²) in [4.78, 5) is 0. The molecule has 5 heteroatoms. The van der Waals surface area contributed by atoms with E-state index in [1.807, 2.05) is 25.1 Å². The Balaban J connectivity index is 2.22. The van der Waals surface area contributed by atoms with Gasteiger partial charge in [0.2, 0.25) is 0 Å². The second-order valence-electron chi connectivity index (χ2n) is 3.79. The first-order chi connectivity index (χ1) is 8.13. The number of thioether (sulfide) groups is 1. The minimum atomic E-state index is 0.247. The topological polar surface area (TPSA) is 29.5 Å². The number of rotatable bonds is 7. The van der Waals surface area contributed by atoms with Crippen molar-refractivity contribution in [3.63, 3.8) is 0 Å². The molecule has 0 aromatic heterocycles. The van der Waals surface area contributed by atoms with Crippen molar-refractivity contribution < 1.29 is 9.84 Å². The average molecular weight is 340 g/mol. The van der Waals surface area contributed by atoms with Gasteiger partial charge < -0.3 is 9.84 Å². The highest BCUT2D eigenvalue weighted by Gasteiger charge is 2.03. The summed E-state index contributed by atoms with van der Waals surface area (Å²) in [5.74, 6) is 3.04. The van der Waals surface area contributed by atoms with Crippen molar-refractivity contribution in [3.8, 4) is 5.75 Å². The van der Waals surface area contributed by atoms with Gasteiger partial charge in [-0.3, -0.25) is 0 Å². The van der Waals surface area contributed by atoms with Crippen LogP contribution in [-0.2, 0) is 0 Å². The molecule has 0 aliphatic rings. The number of benzene rings is 1. The van der Waals surface area contributed by atoms with Crippen molar-refractivity contribution in [1.82, 2.24) is 0 Å². The third-order valence-electron chi connectivity index (χ3n) is 2.09. The predicted molar refractivity (Wildman–Crippen MR) is 78.2 cm³/mol. The summed E-state index contributed by atoms with van der Waals surface area (Å²) in [6.07, 6.45) is 0. The number of ether oxygens (including phenoxy) is 1. The lowest BCUT2D eigenvalue weighted by Gasteiger charge is -2.09. The van der Waals surface area contributed by atoms with E-state index in [1.54, 1.807) is 11.8 Å². The molecule has 0 heterocycles. The van der Waals surface area contributed by atoms with Crippen LogP contribution in [0.1, 0.15) is 6.92 Å². The van der Waals surface area contributed by atoms with Crippen molar-refractivity contribution >= 4 is 39.3 Å². The van der Waals surface area contributed by atoms with Gasteiger partial charge >= 0.3 is 0 Å². The maximum Gasteiger partial charge on any atom is 0.133 e. The Kier molecular flexibility index (Phi) is 7.35. The zero-order valence-corrected chi connectivity index (χ0v) is 12.8. The molecule has 0 amide bonds. The van der Waals surface area contributed by atoms with Crippen LogP contribution in [0.15, 0.2) is 22.7 Å². The van der Waals surface area contributed by atoms with Gasteiger partial charge in [0, 0.05) is 17.4 Å². The molecule has 0 saturated heterocycles. The third-order valence-corrected chi connectivity index (χ3v) is 4.21. The van der Waals surface area contributed by atoms with Gasteiger partial charge in [-0.25, -0.2) is 0 Å². The van der Waals surface area contributed by atoms with E-state index in [4.69, 9.17) is 21.4 Å². The van der Waals surface area contributed by atoms with Gasteiger partial charge in [-0.1, -0.05) is 18.5 Å². The van der Waals surface area contributed by atoms with Gasteiger partial charge in [-0.15, -0.1) is 0 Å². The van der Waals surface area contributed by atoms with E-state index in [-0.39, 0.29) is 6.61 Å². The maximum absolute atomic E-state index is 8.87. The fraction of sp³-hybridized carbons (Fsp3) is 0.500. The molecule has 0 radical (unpaired) electrons. The first kappa shape index (κ1) is 15.2. The summed E-state index contributed by atoms with van der Waals surface area (Å²) in [6, 6.07) is 5.48. The van der Waals surface area contributed by atoms with Crippen LogP contribution in [0.3, 0.4) is 0 Å². The molecule has 1 unspecified atom stereocenters. The third kappa shape index (κ3) is 6.00. The van der Waals surface area contributed by atoms with Crippen molar-refractivity contribution in [2.45, 2.75) is 6.92 Å². The van der Waals surface area contributed by atoms with Crippen molar-refractivity contribution in [3.05, 3.63) is 27.7 Å². The van der Waals surface area contributed by atoms with E-state index in [1.165, 1.54) is 0 Å². The van der Waals surface area contributed by atoms with E-state index >= 15 is 0 Å². The Morgan fingerprint density at radius 2 is 2.29 bits per heavy atom. The van der Waals surface area contributed by atoms with Gasteiger partial charge in [0.1, 0.15) is 5.75 Å². The molecule has 1 aromatic rings. The Labute approximate surface area is 120 Å². The van der Waals surface area contributed by atoms with Crippen LogP contribution in [-0.4, -0.2) is 29.8 Å². The largest absolute Gasteiger partial charge is 0.492 e. The molecule has 0 aliphatic carbocycles. The highest BCUT2D eigenvalue weighted by Crippen LogP contribution is 2.28. The first-order valence-corrected chi connectivity index (χ1v) is 7.72. The highest BCUT2D eigenvalue weighted by atomic mass is 79.9. The maximum atomic E-state index is 8.87. The molecule has 0 spiro atoms. The number of hydrogen-bond donors (Lipinski definition) is 1. The van der Waals surface area contributed by atoms with Gasteiger partial charge in [0.05, 0.1) is 11.1 Å². The predicted octanol–water partition coefficient (Wildman–Crippen LogP) is 3.84. The Bertz CT molecular complexity index is 349. The number of hydrogen-bond acceptors (Lipinski definition) is 3. The minimum absolute atomic E-state index is 0.247. The molecule has 1 rings (SSSR count). The molecule has 0 saturated carbocycles. The average Bonchev–Trinajstić information content (AvgIpc) is 2.30. The second-order valence-corrected chi connectivity index (χ2v) is 6.23. The standard InChI is InChI=1S/C12H16BrClO2S/c1-9(7-15)8-17-5-4-16-12-3-2-10(14)6-11(12)13/h2-3,6,9,15H,4-5,7-8H2,1H3. The quantitative estimate of drug-likeness (QED) is 0.765. The van der Waals surface area contributed by atoms with Crippen LogP contribution in [0, 0.1) is 5.92 Å². The van der Waals surface area contributed by atoms with Crippen LogP contribution >= 0.6 is 39.3 Å². The van der Waals surface area contributed by atoms with E-state index < -0.39 is 0 Å². The molecule has 0 fully saturated rings. The van der Waals surface area contributed by atoms with Crippen LogP contribution in [0.4, 0.5) is 0 Å². The number of aliphatic hydroxyl groups is 1. The molecule has 17 heavy (non-hydrogen) atoms. The molecule has 1 N–H and O–H groups in total. The van der Waals surface area contributed by atoms with Gasteiger partial charge in [0.15, 0.2) is 0 Å². The fourth-order valence-electron chi connectivity index (χ4n) is 1.14. The minimum Gasteiger partial charge on any atom is -0.492 e. The molecule has 1 atom stereocenters. The molecule has 0 bridgehead atoms. The van der Waals surface area contributed by atoms with Crippen LogP contribution in [0.25, 0.3) is 0 Å². The fourth-order valence-corrected chi connectivity index (χ4v) is 2.81. The van der Waals surface area contributed by atoms with E-state index in [9.17, 15) is 0 Å².